The van der Waals surface area contributed by atoms with E-state index in [9.17, 15) is 26.3 Å². The molecule has 0 unspecified atom stereocenters. The Morgan fingerprint density at radius 2 is 1.12 bits per heavy atom. The highest BCUT2D eigenvalue weighted by Gasteiger charge is 2.31. The largest absolute Gasteiger partial charge is 0.417 e. The van der Waals surface area contributed by atoms with Crippen LogP contribution in [0.15, 0.2) is 36.7 Å². The number of aromatic nitrogens is 2. The van der Waals surface area contributed by atoms with Gasteiger partial charge >= 0.3 is 17.6 Å². The fourth-order valence-corrected chi connectivity index (χ4v) is 1.58. The Bertz CT molecular complexity index is 652. The molecule has 24 heavy (non-hydrogen) atoms. The van der Waals surface area contributed by atoms with Crippen LogP contribution in [0.3, 0.4) is 0 Å². The number of hydrogen-bond acceptors (Lipinski definition) is 5. The summed E-state index contributed by atoms with van der Waals surface area (Å²) < 4.78 is 83.9. The molecule has 2 aromatic heterocycles. The van der Waals surface area contributed by atoms with Gasteiger partial charge in [-0.15, -0.1) is 0 Å². The molecule has 0 aliphatic rings. The highest BCUT2D eigenvalue weighted by molar-refractivity contribution is 7.79. The fourth-order valence-electron chi connectivity index (χ4n) is 1.41. The van der Waals surface area contributed by atoms with Crippen molar-refractivity contribution < 1.29 is 35.8 Å². The van der Waals surface area contributed by atoms with E-state index in [0.29, 0.717) is 12.4 Å². The van der Waals surface area contributed by atoms with Crippen molar-refractivity contribution in [1.82, 2.24) is 9.97 Å². The minimum atomic E-state index is -4.55. The van der Waals surface area contributed by atoms with Crippen LogP contribution in [0.5, 0.6) is 11.8 Å². The molecule has 0 aliphatic carbocycles. The summed E-state index contributed by atoms with van der Waals surface area (Å²) in [5.41, 5.74) is -1.96. The van der Waals surface area contributed by atoms with Crippen LogP contribution in [0, 0.1) is 0 Å². The lowest BCUT2D eigenvalue weighted by Gasteiger charge is -2.09. The van der Waals surface area contributed by atoms with E-state index in [1.807, 2.05) is 0 Å². The zero-order valence-electron chi connectivity index (χ0n) is 11.4. The summed E-state index contributed by atoms with van der Waals surface area (Å²) >= 11 is 4.66. The number of halogens is 6. The SMILES string of the molecule is FC(F)(F)c1ccc(OC(=S)Oc2ccc(C(F)(F)F)cn2)nc1. The van der Waals surface area contributed by atoms with Crippen LogP contribution in [0.2, 0.25) is 0 Å². The van der Waals surface area contributed by atoms with Crippen LogP contribution >= 0.6 is 12.2 Å². The Morgan fingerprint density at radius 1 is 0.750 bits per heavy atom. The molecule has 0 N–H and O–H groups in total. The van der Waals surface area contributed by atoms with E-state index in [4.69, 9.17) is 9.47 Å². The summed E-state index contributed by atoms with van der Waals surface area (Å²) in [6.45, 7) is 0. The maximum absolute atomic E-state index is 12.4. The molecule has 0 amide bonds. The number of pyridine rings is 2. The molecule has 0 radical (unpaired) electrons. The summed E-state index contributed by atoms with van der Waals surface area (Å²) in [6.07, 6.45) is -8.03. The molecular weight excluding hydrogens is 362 g/mol. The first-order valence-electron chi connectivity index (χ1n) is 6.02. The molecule has 2 rings (SSSR count). The monoisotopic (exact) mass is 368 g/mol. The third kappa shape index (κ3) is 4.78. The van der Waals surface area contributed by atoms with Crippen LogP contribution in [0.25, 0.3) is 0 Å². The third-order valence-electron chi connectivity index (χ3n) is 2.50. The summed E-state index contributed by atoms with van der Waals surface area (Å²) in [6, 6.07) is 3.28. The van der Waals surface area contributed by atoms with Crippen molar-refractivity contribution in [3.8, 4) is 11.8 Å². The molecule has 4 nitrogen and oxygen atoms in total. The van der Waals surface area contributed by atoms with Crippen LogP contribution in [-0.2, 0) is 12.4 Å². The summed E-state index contributed by atoms with van der Waals surface area (Å²) in [7, 11) is 0. The average Bonchev–Trinajstić information content (AvgIpc) is 2.46. The van der Waals surface area contributed by atoms with Crippen molar-refractivity contribution in [3.05, 3.63) is 47.8 Å². The summed E-state index contributed by atoms with van der Waals surface area (Å²) in [5.74, 6) is -0.556. The number of hydrogen-bond donors (Lipinski definition) is 0. The molecule has 0 saturated carbocycles. The second kappa shape index (κ2) is 6.59. The van der Waals surface area contributed by atoms with Gasteiger partial charge in [0.15, 0.2) is 0 Å². The molecule has 0 aromatic carbocycles. The standard InChI is InChI=1S/C13H6F6N2O2S/c14-12(15,16)7-1-3-9(20-5-7)22-11(24)23-10-4-2-8(6-21-10)13(17,18)19/h1-6H. The predicted octanol–water partition coefficient (Wildman–Crippen LogP) is 4.26. The van der Waals surface area contributed by atoms with Crippen molar-refractivity contribution in [3.63, 3.8) is 0 Å². The molecule has 0 atom stereocenters. The van der Waals surface area contributed by atoms with E-state index < -0.39 is 28.7 Å². The lowest BCUT2D eigenvalue weighted by Crippen LogP contribution is -2.15. The van der Waals surface area contributed by atoms with Gasteiger partial charge in [0.1, 0.15) is 0 Å². The minimum Gasteiger partial charge on any atom is -0.398 e. The molecule has 0 spiro atoms. The molecule has 128 valence electrons. The van der Waals surface area contributed by atoms with Gasteiger partial charge in [-0.25, -0.2) is 9.97 Å². The molecule has 0 bridgehead atoms. The molecule has 2 heterocycles. The number of alkyl halides is 6. The van der Waals surface area contributed by atoms with Crippen LogP contribution in [0.1, 0.15) is 11.1 Å². The fraction of sp³-hybridized carbons (Fsp3) is 0.154. The Morgan fingerprint density at radius 3 is 1.38 bits per heavy atom. The summed E-state index contributed by atoms with van der Waals surface area (Å²) in [4.78, 5) is 6.79. The van der Waals surface area contributed by atoms with E-state index in [-0.39, 0.29) is 11.8 Å². The van der Waals surface area contributed by atoms with Crippen molar-refractivity contribution in [1.29, 1.82) is 0 Å². The van der Waals surface area contributed by atoms with Gasteiger partial charge in [0.05, 0.1) is 11.1 Å². The third-order valence-corrected chi connectivity index (χ3v) is 2.67. The van der Waals surface area contributed by atoms with E-state index in [1.165, 1.54) is 0 Å². The van der Waals surface area contributed by atoms with Gasteiger partial charge in [-0.1, -0.05) is 0 Å². The maximum Gasteiger partial charge on any atom is 0.417 e. The second-order valence-electron chi connectivity index (χ2n) is 4.22. The first kappa shape index (κ1) is 17.9. The smallest absolute Gasteiger partial charge is 0.398 e. The van der Waals surface area contributed by atoms with Crippen LogP contribution < -0.4 is 9.47 Å². The maximum atomic E-state index is 12.4. The quantitative estimate of drug-likeness (QED) is 0.586. The Kier molecular flexibility index (Phi) is 4.92. The predicted molar refractivity (Wildman–Crippen MR) is 72.3 cm³/mol. The van der Waals surface area contributed by atoms with Crippen molar-refractivity contribution in [2.24, 2.45) is 0 Å². The highest BCUT2D eigenvalue weighted by atomic mass is 32.1. The van der Waals surface area contributed by atoms with E-state index in [0.717, 1.165) is 24.3 Å². The number of ether oxygens (including phenoxy) is 2. The molecular formula is C13H6F6N2O2S. The zero-order chi connectivity index (χ0) is 18.0. The number of rotatable bonds is 2. The van der Waals surface area contributed by atoms with Gasteiger partial charge in [-0.2, -0.15) is 26.3 Å². The Balaban J connectivity index is 1.98. The average molecular weight is 368 g/mol. The van der Waals surface area contributed by atoms with Gasteiger partial charge in [0, 0.05) is 36.7 Å². The second-order valence-corrected chi connectivity index (χ2v) is 4.55. The zero-order valence-corrected chi connectivity index (χ0v) is 12.2. The van der Waals surface area contributed by atoms with Crippen LogP contribution in [0.4, 0.5) is 26.3 Å². The first-order chi connectivity index (χ1) is 11.1. The number of thiocarbonyl (C=S) groups is 1. The Hall–Kier alpha value is -2.43. The lowest BCUT2D eigenvalue weighted by atomic mass is 10.3. The normalized spacial score (nSPS) is 11.9. The lowest BCUT2D eigenvalue weighted by molar-refractivity contribution is -0.138. The molecule has 0 fully saturated rings. The van der Waals surface area contributed by atoms with E-state index in [2.05, 4.69) is 22.2 Å². The van der Waals surface area contributed by atoms with E-state index >= 15 is 0 Å². The topological polar surface area (TPSA) is 44.2 Å². The Labute approximate surface area is 136 Å². The molecule has 0 aliphatic heterocycles. The van der Waals surface area contributed by atoms with Gasteiger partial charge in [0.25, 0.3) is 0 Å². The van der Waals surface area contributed by atoms with Crippen molar-refractivity contribution >= 4 is 17.5 Å². The number of nitrogens with zero attached hydrogens (tertiary/aromatic N) is 2. The minimum absolute atomic E-state index is 0.278. The molecule has 11 heteroatoms. The van der Waals surface area contributed by atoms with Gasteiger partial charge in [-0.05, 0) is 12.1 Å². The van der Waals surface area contributed by atoms with Gasteiger partial charge in [0.2, 0.25) is 11.8 Å². The van der Waals surface area contributed by atoms with Gasteiger partial charge in [-0.3, -0.25) is 0 Å². The molecule has 2 aromatic rings. The van der Waals surface area contributed by atoms with Crippen LogP contribution in [-0.4, -0.2) is 15.2 Å². The highest BCUT2D eigenvalue weighted by Crippen LogP contribution is 2.30. The molecule has 0 saturated heterocycles. The van der Waals surface area contributed by atoms with Crippen molar-refractivity contribution in [2.45, 2.75) is 12.4 Å². The van der Waals surface area contributed by atoms with E-state index in [1.54, 1.807) is 0 Å². The van der Waals surface area contributed by atoms with Crippen molar-refractivity contribution in [2.75, 3.05) is 0 Å². The van der Waals surface area contributed by atoms with Gasteiger partial charge < -0.3 is 9.47 Å². The first-order valence-corrected chi connectivity index (χ1v) is 6.43. The summed E-state index contributed by atoms with van der Waals surface area (Å²) in [5, 5.41) is -0.588.